The first-order valence-corrected chi connectivity index (χ1v) is 7.50. The van der Waals surface area contributed by atoms with Crippen molar-refractivity contribution >= 4 is 0 Å². The van der Waals surface area contributed by atoms with Crippen LogP contribution in [0.15, 0.2) is 0 Å². The fourth-order valence-corrected chi connectivity index (χ4v) is 3.31. The lowest BCUT2D eigenvalue weighted by atomic mass is 9.84. The van der Waals surface area contributed by atoms with Crippen molar-refractivity contribution in [3.63, 3.8) is 0 Å². The lowest BCUT2D eigenvalue weighted by molar-refractivity contribution is 0.116. The fraction of sp³-hybridized carbons (Fsp3) is 0.933. The zero-order valence-corrected chi connectivity index (χ0v) is 10.8. The summed E-state index contributed by atoms with van der Waals surface area (Å²) in [7, 11) is 0. The molecule has 94 valence electrons. The third-order valence-corrected chi connectivity index (χ3v) is 4.74. The Kier molecular flexibility index (Phi) is 3.38. The normalized spacial score (nSPS) is 33.6. The first kappa shape index (κ1) is 11.5. The molecule has 0 radical (unpaired) electrons. The van der Waals surface area contributed by atoms with Crippen molar-refractivity contribution in [1.29, 1.82) is 5.26 Å². The van der Waals surface area contributed by atoms with Gasteiger partial charge >= 0.3 is 0 Å². The van der Waals surface area contributed by atoms with Crippen molar-refractivity contribution in [2.75, 3.05) is 13.1 Å². The molecule has 3 saturated carbocycles. The van der Waals surface area contributed by atoms with Crippen molar-refractivity contribution < 1.29 is 0 Å². The average molecular weight is 232 g/mol. The molecule has 3 aliphatic carbocycles. The summed E-state index contributed by atoms with van der Waals surface area (Å²) in [5.41, 5.74) is 0. The van der Waals surface area contributed by atoms with Crippen LogP contribution in [0, 0.1) is 29.1 Å². The predicted molar refractivity (Wildman–Crippen MR) is 68.4 cm³/mol. The molecule has 0 amide bonds. The Bertz CT molecular complexity index is 285. The number of hydrogen-bond acceptors (Lipinski definition) is 2. The van der Waals surface area contributed by atoms with Gasteiger partial charge in [0.1, 0.15) is 0 Å². The highest BCUT2D eigenvalue weighted by atomic mass is 15.2. The van der Waals surface area contributed by atoms with Crippen molar-refractivity contribution in [1.82, 2.24) is 4.90 Å². The van der Waals surface area contributed by atoms with E-state index in [-0.39, 0.29) is 0 Å². The second-order valence-electron chi connectivity index (χ2n) is 6.43. The molecule has 0 aromatic carbocycles. The molecule has 0 bridgehead atoms. The Morgan fingerprint density at radius 3 is 2.00 bits per heavy atom. The van der Waals surface area contributed by atoms with E-state index in [1.807, 2.05) is 0 Å². The van der Waals surface area contributed by atoms with Crippen LogP contribution in [0.5, 0.6) is 0 Å². The van der Waals surface area contributed by atoms with E-state index >= 15 is 0 Å². The van der Waals surface area contributed by atoms with Gasteiger partial charge in [-0.1, -0.05) is 12.8 Å². The molecule has 0 saturated heterocycles. The summed E-state index contributed by atoms with van der Waals surface area (Å²) < 4.78 is 0. The highest BCUT2D eigenvalue weighted by Gasteiger charge is 2.36. The van der Waals surface area contributed by atoms with Crippen molar-refractivity contribution in [3.8, 4) is 6.07 Å². The van der Waals surface area contributed by atoms with E-state index in [1.165, 1.54) is 58.0 Å². The van der Waals surface area contributed by atoms with Gasteiger partial charge in [0.05, 0.1) is 12.0 Å². The molecule has 0 aromatic heterocycles. The van der Waals surface area contributed by atoms with Gasteiger partial charge in [-0.05, 0) is 50.4 Å². The van der Waals surface area contributed by atoms with Gasteiger partial charge in [-0.25, -0.2) is 0 Å². The molecule has 3 fully saturated rings. The van der Waals surface area contributed by atoms with E-state index in [2.05, 4.69) is 11.0 Å². The van der Waals surface area contributed by atoms with Crippen molar-refractivity contribution in [2.24, 2.45) is 17.8 Å². The summed E-state index contributed by atoms with van der Waals surface area (Å²) in [4.78, 5) is 2.71. The Morgan fingerprint density at radius 2 is 1.47 bits per heavy atom. The van der Waals surface area contributed by atoms with Crippen molar-refractivity contribution in [3.05, 3.63) is 0 Å². The second kappa shape index (κ2) is 4.98. The molecule has 2 heteroatoms. The Morgan fingerprint density at radius 1 is 0.882 bits per heavy atom. The van der Waals surface area contributed by atoms with Crippen LogP contribution >= 0.6 is 0 Å². The highest BCUT2D eigenvalue weighted by Crippen LogP contribution is 2.37. The molecule has 2 unspecified atom stereocenters. The molecule has 0 heterocycles. The molecule has 3 rings (SSSR count). The van der Waals surface area contributed by atoms with Gasteiger partial charge in [0.25, 0.3) is 0 Å². The molecule has 2 nitrogen and oxygen atoms in total. The van der Waals surface area contributed by atoms with E-state index in [4.69, 9.17) is 0 Å². The van der Waals surface area contributed by atoms with E-state index in [9.17, 15) is 5.26 Å². The molecule has 3 aliphatic rings. The van der Waals surface area contributed by atoms with Gasteiger partial charge in [-0.2, -0.15) is 5.26 Å². The molecule has 17 heavy (non-hydrogen) atoms. The van der Waals surface area contributed by atoms with Crippen LogP contribution in [0.25, 0.3) is 0 Å². The molecule has 0 N–H and O–H groups in total. The third-order valence-electron chi connectivity index (χ3n) is 4.74. The van der Waals surface area contributed by atoms with E-state index < -0.39 is 0 Å². The monoisotopic (exact) mass is 232 g/mol. The Labute approximate surface area is 105 Å². The minimum absolute atomic E-state index is 0.321. The Hall–Kier alpha value is -0.550. The van der Waals surface area contributed by atoms with Gasteiger partial charge in [0.15, 0.2) is 0 Å². The van der Waals surface area contributed by atoms with Gasteiger partial charge in [0, 0.05) is 19.1 Å². The molecular formula is C15H24N2. The van der Waals surface area contributed by atoms with Crippen LogP contribution in [-0.2, 0) is 0 Å². The zero-order chi connectivity index (χ0) is 11.7. The maximum atomic E-state index is 9.33. The smallest absolute Gasteiger partial charge is 0.0672 e. The summed E-state index contributed by atoms with van der Waals surface area (Å²) in [6.07, 6.45) is 10.8. The van der Waals surface area contributed by atoms with Gasteiger partial charge < -0.3 is 0 Å². The van der Waals surface area contributed by atoms with E-state index in [0.29, 0.717) is 12.0 Å². The van der Waals surface area contributed by atoms with Gasteiger partial charge in [-0.3, -0.25) is 4.90 Å². The van der Waals surface area contributed by atoms with E-state index in [1.54, 1.807) is 0 Å². The summed E-state index contributed by atoms with van der Waals surface area (Å²) in [6, 6.07) is 3.17. The number of nitriles is 1. The lowest BCUT2D eigenvalue weighted by Gasteiger charge is -2.37. The van der Waals surface area contributed by atoms with Crippen molar-refractivity contribution in [2.45, 2.75) is 57.4 Å². The first-order valence-electron chi connectivity index (χ1n) is 7.50. The maximum absolute atomic E-state index is 9.33. The first-order chi connectivity index (χ1) is 8.36. The quantitative estimate of drug-likeness (QED) is 0.728. The van der Waals surface area contributed by atoms with Crippen LogP contribution in [0.2, 0.25) is 0 Å². The average Bonchev–Trinajstić information content (AvgIpc) is 3.23. The van der Waals surface area contributed by atoms with Crippen LogP contribution < -0.4 is 0 Å². The second-order valence-corrected chi connectivity index (χ2v) is 6.43. The summed E-state index contributed by atoms with van der Waals surface area (Å²) in [5.74, 6) is 2.26. The largest absolute Gasteiger partial charge is 0.299 e. The van der Waals surface area contributed by atoms with Gasteiger partial charge in [-0.15, -0.1) is 0 Å². The topological polar surface area (TPSA) is 27.0 Å². The fourth-order valence-electron chi connectivity index (χ4n) is 3.31. The molecule has 0 aromatic rings. The lowest BCUT2D eigenvalue weighted by Crippen LogP contribution is -2.44. The van der Waals surface area contributed by atoms with Crippen LogP contribution in [0.3, 0.4) is 0 Å². The van der Waals surface area contributed by atoms with Gasteiger partial charge in [0.2, 0.25) is 0 Å². The molecule has 0 aliphatic heterocycles. The molecular weight excluding hydrogens is 208 g/mol. The van der Waals surface area contributed by atoms with Crippen LogP contribution in [-0.4, -0.2) is 24.0 Å². The molecule has 0 spiro atoms. The summed E-state index contributed by atoms with van der Waals surface area (Å²) >= 11 is 0. The van der Waals surface area contributed by atoms with Crippen LogP contribution in [0.1, 0.15) is 51.4 Å². The zero-order valence-electron chi connectivity index (χ0n) is 10.8. The summed E-state index contributed by atoms with van der Waals surface area (Å²) in [6.45, 7) is 2.58. The maximum Gasteiger partial charge on any atom is 0.0672 e. The minimum Gasteiger partial charge on any atom is -0.299 e. The molecule has 2 atom stereocenters. The third kappa shape index (κ3) is 3.01. The minimum atomic E-state index is 0.321. The number of hydrogen-bond donors (Lipinski definition) is 0. The standard InChI is InChI=1S/C15H24N2/c16-9-14-3-1-2-4-15(14)17(10-12-5-6-12)11-13-7-8-13/h12-15H,1-8,10-11H2. The Balaban J connectivity index is 1.63. The van der Waals surface area contributed by atoms with E-state index in [0.717, 1.165) is 18.3 Å². The highest BCUT2D eigenvalue weighted by molar-refractivity contribution is 4.97. The summed E-state index contributed by atoms with van der Waals surface area (Å²) in [5, 5.41) is 9.33. The number of nitrogens with zero attached hydrogens (tertiary/aromatic N) is 2. The predicted octanol–water partition coefficient (Wildman–Crippen LogP) is 3.19. The SMILES string of the molecule is N#CC1CCCCC1N(CC1CC1)CC1CC1. The number of rotatable bonds is 5. The van der Waals surface area contributed by atoms with Crippen LogP contribution in [0.4, 0.5) is 0 Å².